The number of hydroxylamine groups is 1. The molecule has 0 saturated heterocycles. The molecule has 3 N–H and O–H groups in total. The first-order chi connectivity index (χ1) is 10.7. The zero-order valence-electron chi connectivity index (χ0n) is 13.9. The molecule has 0 unspecified atom stereocenters. The Balaban J connectivity index is 5.05. The molecule has 1 atom stereocenters. The van der Waals surface area contributed by atoms with Crippen molar-refractivity contribution in [2.24, 2.45) is 0 Å². The van der Waals surface area contributed by atoms with Crippen molar-refractivity contribution in [3.05, 3.63) is 0 Å². The molecular formula is C12H26N4O6S. The van der Waals surface area contributed by atoms with Crippen LogP contribution in [0.1, 0.15) is 40.5 Å². The Labute approximate surface area is 137 Å². The number of hydrogen-bond acceptors (Lipinski definition) is 6. The molecule has 0 radical (unpaired) electrons. The lowest BCUT2D eigenvalue weighted by Gasteiger charge is -2.31. The standard InChI is InChI=1S/C12H26N4O6S/c1-5-9-10(11(17)13-15(6-2)7-3)16(8-4)12(18)14-22-23(19,20)21/h10H,5-9H2,1-4H3,(H,13,17)(H,14,18)(H,19,20,21)/t10-/m0/s1. The van der Waals surface area contributed by atoms with Crippen LogP contribution in [0.3, 0.4) is 0 Å². The zero-order valence-corrected chi connectivity index (χ0v) is 14.7. The molecule has 11 heteroatoms. The summed E-state index contributed by atoms with van der Waals surface area (Å²) in [5.41, 5.74) is 4.31. The fourth-order valence-corrected chi connectivity index (χ4v) is 2.14. The second-order valence-corrected chi connectivity index (χ2v) is 5.68. The first kappa shape index (κ1) is 21.6. The van der Waals surface area contributed by atoms with E-state index in [1.54, 1.807) is 17.4 Å². The number of nitrogens with one attached hydrogen (secondary N) is 2. The van der Waals surface area contributed by atoms with Crippen LogP contribution in [0.2, 0.25) is 0 Å². The maximum Gasteiger partial charge on any atom is 0.418 e. The van der Waals surface area contributed by atoms with E-state index in [-0.39, 0.29) is 12.5 Å². The lowest BCUT2D eigenvalue weighted by atomic mass is 10.1. The highest BCUT2D eigenvalue weighted by Crippen LogP contribution is 2.09. The van der Waals surface area contributed by atoms with E-state index in [2.05, 4.69) is 9.71 Å². The Bertz CT molecular complexity index is 480. The number of hydrogen-bond donors (Lipinski definition) is 3. The molecule has 0 bridgehead atoms. The molecule has 3 amide bonds. The fraction of sp³-hybridized carbons (Fsp3) is 0.833. The van der Waals surface area contributed by atoms with E-state index in [0.717, 1.165) is 4.90 Å². The second-order valence-electron chi connectivity index (χ2n) is 4.66. The van der Waals surface area contributed by atoms with Crippen LogP contribution in [-0.4, -0.2) is 60.5 Å². The van der Waals surface area contributed by atoms with Crippen LogP contribution in [0.15, 0.2) is 0 Å². The Morgan fingerprint density at radius 1 is 1.13 bits per heavy atom. The van der Waals surface area contributed by atoms with E-state index < -0.39 is 22.5 Å². The summed E-state index contributed by atoms with van der Waals surface area (Å²) in [6, 6.07) is -1.73. The third kappa shape index (κ3) is 8.11. The third-order valence-electron chi connectivity index (χ3n) is 3.11. The van der Waals surface area contributed by atoms with Crippen molar-refractivity contribution in [2.75, 3.05) is 19.6 Å². The predicted octanol–water partition coefficient (Wildman–Crippen LogP) is 0.294. The summed E-state index contributed by atoms with van der Waals surface area (Å²) < 4.78 is 33.4. The van der Waals surface area contributed by atoms with E-state index in [4.69, 9.17) is 4.55 Å². The molecule has 0 saturated carbocycles. The molecular weight excluding hydrogens is 328 g/mol. The van der Waals surface area contributed by atoms with Crippen molar-refractivity contribution < 1.29 is 26.8 Å². The van der Waals surface area contributed by atoms with Gasteiger partial charge in [0.1, 0.15) is 6.04 Å². The van der Waals surface area contributed by atoms with Crippen LogP contribution in [0.5, 0.6) is 0 Å². The monoisotopic (exact) mass is 354 g/mol. The van der Waals surface area contributed by atoms with Crippen LogP contribution in [0.25, 0.3) is 0 Å². The molecule has 0 aliphatic rings. The topological polar surface area (TPSA) is 128 Å². The van der Waals surface area contributed by atoms with Crippen molar-refractivity contribution in [2.45, 2.75) is 46.6 Å². The first-order valence-electron chi connectivity index (χ1n) is 7.47. The summed E-state index contributed by atoms with van der Waals surface area (Å²) in [5, 5.41) is 1.69. The van der Waals surface area contributed by atoms with Crippen LogP contribution in [-0.2, 0) is 19.5 Å². The highest BCUT2D eigenvalue weighted by Gasteiger charge is 2.29. The third-order valence-corrected chi connectivity index (χ3v) is 3.40. The van der Waals surface area contributed by atoms with Gasteiger partial charge < -0.3 is 4.90 Å². The molecule has 0 aliphatic heterocycles. The number of rotatable bonds is 10. The number of carbonyl (C=O) groups excluding carboxylic acids is 2. The Morgan fingerprint density at radius 2 is 1.70 bits per heavy atom. The summed E-state index contributed by atoms with van der Waals surface area (Å²) in [7, 11) is -4.81. The van der Waals surface area contributed by atoms with Gasteiger partial charge in [-0.1, -0.05) is 27.2 Å². The zero-order chi connectivity index (χ0) is 18.0. The number of hydrazine groups is 1. The van der Waals surface area contributed by atoms with Crippen molar-refractivity contribution in [3.8, 4) is 0 Å². The Morgan fingerprint density at radius 3 is 2.09 bits per heavy atom. The van der Waals surface area contributed by atoms with Crippen LogP contribution >= 0.6 is 0 Å². The van der Waals surface area contributed by atoms with Gasteiger partial charge in [0.2, 0.25) is 0 Å². The minimum Gasteiger partial charge on any atom is -0.311 e. The normalized spacial score (nSPS) is 12.8. The molecule has 0 fully saturated rings. The van der Waals surface area contributed by atoms with Gasteiger partial charge in [0.15, 0.2) is 0 Å². The summed E-state index contributed by atoms with van der Waals surface area (Å²) >= 11 is 0. The molecule has 0 spiro atoms. The predicted molar refractivity (Wildman–Crippen MR) is 83.3 cm³/mol. The molecule has 0 aromatic rings. The molecule has 0 heterocycles. The highest BCUT2D eigenvalue weighted by molar-refractivity contribution is 7.80. The maximum atomic E-state index is 12.4. The lowest BCUT2D eigenvalue weighted by molar-refractivity contribution is -0.130. The number of likely N-dealkylation sites (N-methyl/N-ethyl adjacent to an activating group) is 1. The quantitative estimate of drug-likeness (QED) is 0.380. The van der Waals surface area contributed by atoms with Crippen molar-refractivity contribution in [3.63, 3.8) is 0 Å². The molecule has 10 nitrogen and oxygen atoms in total. The van der Waals surface area contributed by atoms with E-state index in [1.807, 2.05) is 20.8 Å². The second kappa shape index (κ2) is 10.4. The summed E-state index contributed by atoms with van der Waals surface area (Å²) in [6.45, 7) is 8.61. The molecule has 0 rings (SSSR count). The molecule has 0 aromatic carbocycles. The SMILES string of the molecule is CCC[C@@H](C(=O)NN(CC)CC)N(CC)C(=O)NOS(=O)(=O)O. The van der Waals surface area contributed by atoms with Crippen molar-refractivity contribution in [1.29, 1.82) is 0 Å². The minimum atomic E-state index is -4.81. The van der Waals surface area contributed by atoms with Crippen molar-refractivity contribution >= 4 is 22.3 Å². The van der Waals surface area contributed by atoms with Gasteiger partial charge in [-0.25, -0.2) is 9.80 Å². The van der Waals surface area contributed by atoms with Gasteiger partial charge in [0.05, 0.1) is 0 Å². The number of nitrogens with zero attached hydrogens (tertiary/aromatic N) is 2. The van der Waals surface area contributed by atoms with Crippen molar-refractivity contribution in [1.82, 2.24) is 20.8 Å². The lowest BCUT2D eigenvalue weighted by Crippen LogP contribution is -2.56. The smallest absolute Gasteiger partial charge is 0.311 e. The van der Waals surface area contributed by atoms with Crippen LogP contribution in [0, 0.1) is 0 Å². The van der Waals surface area contributed by atoms with E-state index in [1.165, 1.54) is 0 Å². The summed E-state index contributed by atoms with van der Waals surface area (Å²) in [6.07, 6.45) is 1.03. The van der Waals surface area contributed by atoms with E-state index >= 15 is 0 Å². The minimum absolute atomic E-state index is 0.150. The summed E-state index contributed by atoms with van der Waals surface area (Å²) in [5.74, 6) is -0.376. The van der Waals surface area contributed by atoms with Gasteiger partial charge in [0.25, 0.3) is 5.91 Å². The fourth-order valence-electron chi connectivity index (χ4n) is 1.97. The van der Waals surface area contributed by atoms with Crippen LogP contribution in [0.4, 0.5) is 4.79 Å². The molecule has 136 valence electrons. The maximum absolute atomic E-state index is 12.4. The van der Waals surface area contributed by atoms with Gasteiger partial charge in [-0.15, -0.1) is 4.28 Å². The number of urea groups is 1. The van der Waals surface area contributed by atoms with Crippen LogP contribution < -0.4 is 10.9 Å². The first-order valence-corrected chi connectivity index (χ1v) is 8.84. The number of amides is 3. The average Bonchev–Trinajstić information content (AvgIpc) is 2.49. The molecule has 0 aliphatic carbocycles. The van der Waals surface area contributed by atoms with Gasteiger partial charge in [-0.2, -0.15) is 13.9 Å². The highest BCUT2D eigenvalue weighted by atomic mass is 32.3. The Hall–Kier alpha value is -1.43. The van der Waals surface area contributed by atoms with Gasteiger partial charge >= 0.3 is 16.4 Å². The van der Waals surface area contributed by atoms with E-state index in [0.29, 0.717) is 25.9 Å². The summed E-state index contributed by atoms with van der Waals surface area (Å²) in [4.78, 5) is 25.5. The van der Waals surface area contributed by atoms with Gasteiger partial charge in [0, 0.05) is 19.6 Å². The average molecular weight is 354 g/mol. The van der Waals surface area contributed by atoms with Gasteiger partial charge in [-0.05, 0) is 13.3 Å². The molecule has 23 heavy (non-hydrogen) atoms. The largest absolute Gasteiger partial charge is 0.418 e. The molecule has 0 aromatic heterocycles. The van der Waals surface area contributed by atoms with E-state index in [9.17, 15) is 18.0 Å². The Kier molecular flexibility index (Phi) is 9.72. The van der Waals surface area contributed by atoms with Gasteiger partial charge in [-0.3, -0.25) is 14.8 Å². The number of carbonyl (C=O) groups is 2.